The van der Waals surface area contributed by atoms with Crippen molar-refractivity contribution in [2.45, 2.75) is 27.3 Å². The summed E-state index contributed by atoms with van der Waals surface area (Å²) in [5, 5.41) is 0.574. The monoisotopic (exact) mass is 372 g/mol. The van der Waals surface area contributed by atoms with Crippen LogP contribution in [0.3, 0.4) is 0 Å². The van der Waals surface area contributed by atoms with Crippen LogP contribution in [0.15, 0.2) is 40.0 Å². The smallest absolute Gasteiger partial charge is 0.333 e. The standard InChI is InChI=1S/C19H20N2O4S/c1-4-24-18(23)8-17-21(16(22)11-26-17)9-14-10-25-19(20-14)15-6-5-12(2)7-13(15)3/h5-8,10H,4,9,11H2,1-3H3. The van der Waals surface area contributed by atoms with Crippen LogP contribution in [0.4, 0.5) is 0 Å². The van der Waals surface area contributed by atoms with Crippen molar-refractivity contribution < 1.29 is 18.7 Å². The number of carbonyl (C=O) groups excluding carboxylic acids is 2. The lowest BCUT2D eigenvalue weighted by atomic mass is 10.1. The lowest BCUT2D eigenvalue weighted by molar-refractivity contribution is -0.137. The summed E-state index contributed by atoms with van der Waals surface area (Å²) in [5.41, 5.74) is 3.80. The van der Waals surface area contributed by atoms with E-state index in [-0.39, 0.29) is 12.5 Å². The highest BCUT2D eigenvalue weighted by Crippen LogP contribution is 2.31. The number of hydrogen-bond acceptors (Lipinski definition) is 6. The van der Waals surface area contributed by atoms with Crippen LogP contribution < -0.4 is 0 Å². The number of thioether (sulfide) groups is 1. The van der Waals surface area contributed by atoms with Gasteiger partial charge in [-0.2, -0.15) is 0 Å². The first-order chi connectivity index (χ1) is 12.5. The highest BCUT2D eigenvalue weighted by Gasteiger charge is 2.28. The van der Waals surface area contributed by atoms with E-state index >= 15 is 0 Å². The van der Waals surface area contributed by atoms with Crippen LogP contribution in [0.5, 0.6) is 0 Å². The molecule has 0 unspecified atom stereocenters. The summed E-state index contributed by atoms with van der Waals surface area (Å²) in [6.07, 6.45) is 2.90. The second-order valence-electron chi connectivity index (χ2n) is 5.97. The molecule has 6 nitrogen and oxygen atoms in total. The Balaban J connectivity index is 1.79. The zero-order chi connectivity index (χ0) is 18.7. The first kappa shape index (κ1) is 18.3. The summed E-state index contributed by atoms with van der Waals surface area (Å²) in [7, 11) is 0. The fourth-order valence-corrected chi connectivity index (χ4v) is 3.63. The number of aromatic nitrogens is 1. The molecular weight excluding hydrogens is 352 g/mol. The fraction of sp³-hybridized carbons (Fsp3) is 0.316. The van der Waals surface area contributed by atoms with Gasteiger partial charge in [-0.15, -0.1) is 0 Å². The normalized spacial score (nSPS) is 15.7. The third kappa shape index (κ3) is 3.99. The lowest BCUT2D eigenvalue weighted by Crippen LogP contribution is -2.24. The van der Waals surface area contributed by atoms with Gasteiger partial charge in [-0.25, -0.2) is 9.78 Å². The maximum atomic E-state index is 12.2. The number of hydrogen-bond donors (Lipinski definition) is 0. The molecule has 1 aromatic carbocycles. The molecule has 0 radical (unpaired) electrons. The van der Waals surface area contributed by atoms with Crippen LogP contribution in [-0.4, -0.2) is 34.1 Å². The first-order valence-electron chi connectivity index (χ1n) is 8.31. The Morgan fingerprint density at radius 3 is 2.96 bits per heavy atom. The number of ether oxygens (including phenoxy) is 1. The number of benzene rings is 1. The molecule has 0 bridgehead atoms. The summed E-state index contributed by atoms with van der Waals surface area (Å²) < 4.78 is 10.5. The van der Waals surface area contributed by atoms with E-state index in [0.29, 0.717) is 29.0 Å². The second kappa shape index (κ2) is 7.78. The highest BCUT2D eigenvalue weighted by molar-refractivity contribution is 8.04. The van der Waals surface area contributed by atoms with Crippen LogP contribution in [0.2, 0.25) is 0 Å². The van der Waals surface area contributed by atoms with Gasteiger partial charge < -0.3 is 9.15 Å². The SMILES string of the molecule is CCOC(=O)C=C1SCC(=O)N1Cc1coc(-c2ccc(C)cc2C)n1. The third-order valence-electron chi connectivity index (χ3n) is 3.92. The molecule has 2 aromatic rings. The number of esters is 1. The van der Waals surface area contributed by atoms with Gasteiger partial charge in [-0.1, -0.05) is 29.5 Å². The summed E-state index contributed by atoms with van der Waals surface area (Å²) in [5.74, 6) is 0.299. The minimum absolute atomic E-state index is 0.0679. The molecule has 0 spiro atoms. The van der Waals surface area contributed by atoms with E-state index in [4.69, 9.17) is 9.15 Å². The molecule has 0 aliphatic carbocycles. The fourth-order valence-electron chi connectivity index (χ4n) is 2.70. The lowest BCUT2D eigenvalue weighted by Gasteiger charge is -2.14. The van der Waals surface area contributed by atoms with Crippen molar-refractivity contribution in [2.75, 3.05) is 12.4 Å². The summed E-state index contributed by atoms with van der Waals surface area (Å²) in [6, 6.07) is 6.05. The van der Waals surface area contributed by atoms with Gasteiger partial charge in [0.2, 0.25) is 11.8 Å². The van der Waals surface area contributed by atoms with Crippen molar-refractivity contribution in [2.24, 2.45) is 0 Å². The van der Waals surface area contributed by atoms with Crippen LogP contribution >= 0.6 is 11.8 Å². The quantitative estimate of drug-likeness (QED) is 0.591. The van der Waals surface area contributed by atoms with E-state index in [0.717, 1.165) is 11.1 Å². The Morgan fingerprint density at radius 2 is 2.23 bits per heavy atom. The van der Waals surface area contributed by atoms with E-state index < -0.39 is 5.97 Å². The van der Waals surface area contributed by atoms with Crippen molar-refractivity contribution in [1.82, 2.24) is 9.88 Å². The molecule has 0 atom stereocenters. The zero-order valence-corrected chi connectivity index (χ0v) is 15.8. The molecule has 7 heteroatoms. The van der Waals surface area contributed by atoms with Gasteiger partial charge in [0.15, 0.2) is 0 Å². The van der Waals surface area contributed by atoms with Gasteiger partial charge in [-0.3, -0.25) is 9.69 Å². The molecule has 3 rings (SSSR count). The maximum Gasteiger partial charge on any atom is 0.333 e. The highest BCUT2D eigenvalue weighted by atomic mass is 32.2. The molecule has 1 saturated heterocycles. The van der Waals surface area contributed by atoms with Crippen LogP contribution in [-0.2, 0) is 20.9 Å². The van der Waals surface area contributed by atoms with Gasteiger partial charge in [-0.05, 0) is 32.4 Å². The first-order valence-corrected chi connectivity index (χ1v) is 9.30. The number of amides is 1. The van der Waals surface area contributed by atoms with Crippen LogP contribution in [0, 0.1) is 13.8 Å². The molecule has 136 valence electrons. The molecule has 1 aromatic heterocycles. The Labute approximate surface area is 156 Å². The second-order valence-corrected chi connectivity index (χ2v) is 6.96. The van der Waals surface area contributed by atoms with Crippen LogP contribution in [0.1, 0.15) is 23.7 Å². The topological polar surface area (TPSA) is 72.6 Å². The van der Waals surface area contributed by atoms with Gasteiger partial charge >= 0.3 is 5.97 Å². The van der Waals surface area contributed by atoms with E-state index in [2.05, 4.69) is 11.1 Å². The minimum Gasteiger partial charge on any atom is -0.463 e. The van der Waals surface area contributed by atoms with Crippen LogP contribution in [0.25, 0.3) is 11.5 Å². The van der Waals surface area contributed by atoms with E-state index in [9.17, 15) is 9.59 Å². The molecule has 2 heterocycles. The minimum atomic E-state index is -0.453. The van der Waals surface area contributed by atoms with Crippen molar-refractivity contribution >= 4 is 23.6 Å². The summed E-state index contributed by atoms with van der Waals surface area (Å²) in [4.78, 5) is 29.9. The van der Waals surface area contributed by atoms with Gasteiger partial charge in [0, 0.05) is 5.56 Å². The number of rotatable bonds is 5. The molecule has 1 fully saturated rings. The molecule has 1 amide bonds. The maximum absolute atomic E-state index is 12.2. The number of carbonyl (C=O) groups is 2. The average Bonchev–Trinajstić information content (AvgIpc) is 3.17. The number of nitrogens with zero attached hydrogens (tertiary/aromatic N) is 2. The van der Waals surface area contributed by atoms with Gasteiger partial charge in [0.1, 0.15) is 6.26 Å². The molecule has 0 N–H and O–H groups in total. The Morgan fingerprint density at radius 1 is 1.42 bits per heavy atom. The summed E-state index contributed by atoms with van der Waals surface area (Å²) in [6.45, 7) is 6.33. The Kier molecular flexibility index (Phi) is 5.46. The largest absolute Gasteiger partial charge is 0.463 e. The van der Waals surface area contributed by atoms with Crippen molar-refractivity contribution in [3.63, 3.8) is 0 Å². The Hall–Kier alpha value is -2.54. The van der Waals surface area contributed by atoms with E-state index in [1.807, 2.05) is 26.0 Å². The number of aryl methyl sites for hydroxylation is 2. The van der Waals surface area contributed by atoms with E-state index in [1.54, 1.807) is 13.2 Å². The van der Waals surface area contributed by atoms with Crippen molar-refractivity contribution in [3.8, 4) is 11.5 Å². The van der Waals surface area contributed by atoms with Crippen molar-refractivity contribution in [3.05, 3.63) is 52.4 Å². The zero-order valence-electron chi connectivity index (χ0n) is 14.9. The van der Waals surface area contributed by atoms with Gasteiger partial charge in [0.05, 0.1) is 35.7 Å². The average molecular weight is 372 g/mol. The third-order valence-corrected chi connectivity index (χ3v) is 4.95. The van der Waals surface area contributed by atoms with Gasteiger partial charge in [0.25, 0.3) is 0 Å². The number of oxazole rings is 1. The molecular formula is C19H20N2O4S. The van der Waals surface area contributed by atoms with Crippen molar-refractivity contribution in [1.29, 1.82) is 0 Å². The Bertz CT molecular complexity index is 872. The molecule has 1 aliphatic rings. The summed E-state index contributed by atoms with van der Waals surface area (Å²) >= 11 is 1.32. The molecule has 0 saturated carbocycles. The van der Waals surface area contributed by atoms with E-state index in [1.165, 1.54) is 28.3 Å². The predicted molar refractivity (Wildman–Crippen MR) is 99.1 cm³/mol. The predicted octanol–water partition coefficient (Wildman–Crippen LogP) is 3.44. The molecule has 26 heavy (non-hydrogen) atoms. The molecule has 1 aliphatic heterocycles.